The summed E-state index contributed by atoms with van der Waals surface area (Å²) in [6, 6.07) is 6.67. The van der Waals surface area contributed by atoms with Crippen molar-refractivity contribution in [1.29, 1.82) is 0 Å². The van der Waals surface area contributed by atoms with Crippen LogP contribution in [0.15, 0.2) is 29.3 Å². The van der Waals surface area contributed by atoms with Gasteiger partial charge in [0.2, 0.25) is 5.91 Å². The van der Waals surface area contributed by atoms with E-state index in [2.05, 4.69) is 10.3 Å². The molecule has 1 aromatic carbocycles. The van der Waals surface area contributed by atoms with E-state index < -0.39 is 0 Å². The molecule has 1 aliphatic rings. The van der Waals surface area contributed by atoms with Crippen molar-refractivity contribution in [2.24, 2.45) is 4.99 Å². The van der Waals surface area contributed by atoms with Gasteiger partial charge in [-0.3, -0.25) is 9.79 Å². The lowest BCUT2D eigenvalue weighted by Gasteiger charge is -2.01. The van der Waals surface area contributed by atoms with E-state index in [-0.39, 0.29) is 17.7 Å². The largest absolute Gasteiger partial charge is 0.508 e. The molecule has 0 spiro atoms. The molecule has 1 heterocycles. The van der Waals surface area contributed by atoms with Gasteiger partial charge in [-0.25, -0.2) is 0 Å². The van der Waals surface area contributed by atoms with Gasteiger partial charge in [-0.2, -0.15) is 0 Å². The zero-order valence-corrected chi connectivity index (χ0v) is 9.10. The van der Waals surface area contributed by atoms with Crippen molar-refractivity contribution in [3.05, 3.63) is 29.8 Å². The van der Waals surface area contributed by atoms with Gasteiger partial charge >= 0.3 is 0 Å². The minimum Gasteiger partial charge on any atom is -0.508 e. The van der Waals surface area contributed by atoms with Crippen molar-refractivity contribution in [1.82, 2.24) is 5.32 Å². The molecule has 0 aliphatic carbocycles. The monoisotopic (exact) mass is 218 g/mol. The predicted molar refractivity (Wildman–Crippen MR) is 61.5 cm³/mol. The van der Waals surface area contributed by atoms with Gasteiger partial charge < -0.3 is 10.4 Å². The molecule has 84 valence electrons. The van der Waals surface area contributed by atoms with Crippen LogP contribution < -0.4 is 5.32 Å². The molecule has 1 aliphatic heterocycles. The van der Waals surface area contributed by atoms with Crippen LogP contribution in [0.2, 0.25) is 0 Å². The SMILES string of the molecule is CCC1N=C(Cc2ccc(O)cc2)NC1=O. The molecule has 4 nitrogen and oxygen atoms in total. The summed E-state index contributed by atoms with van der Waals surface area (Å²) in [4.78, 5) is 15.7. The molecule has 1 atom stereocenters. The molecule has 2 N–H and O–H groups in total. The van der Waals surface area contributed by atoms with E-state index in [1.54, 1.807) is 12.1 Å². The first kappa shape index (κ1) is 10.7. The minimum atomic E-state index is -0.230. The predicted octanol–water partition coefficient (Wildman–Crippen LogP) is 1.24. The lowest BCUT2D eigenvalue weighted by atomic mass is 10.1. The Bertz CT molecular complexity index is 423. The van der Waals surface area contributed by atoms with Gasteiger partial charge in [-0.05, 0) is 24.1 Å². The Hall–Kier alpha value is -1.84. The Labute approximate surface area is 94.0 Å². The summed E-state index contributed by atoms with van der Waals surface area (Å²) in [5.74, 6) is 0.936. The van der Waals surface area contributed by atoms with Crippen LogP contribution in [0.4, 0.5) is 0 Å². The highest BCUT2D eigenvalue weighted by atomic mass is 16.3. The fourth-order valence-electron chi connectivity index (χ4n) is 1.68. The first-order valence-electron chi connectivity index (χ1n) is 5.34. The first-order chi connectivity index (χ1) is 7.69. The van der Waals surface area contributed by atoms with E-state index in [1.807, 2.05) is 19.1 Å². The number of aromatic hydroxyl groups is 1. The summed E-state index contributed by atoms with van der Waals surface area (Å²) >= 11 is 0. The number of hydrogen-bond acceptors (Lipinski definition) is 3. The number of hydrogen-bond donors (Lipinski definition) is 2. The number of carbonyl (C=O) groups is 1. The molecule has 2 rings (SSSR count). The summed E-state index contributed by atoms with van der Waals surface area (Å²) < 4.78 is 0. The maximum atomic E-state index is 11.4. The summed E-state index contributed by atoms with van der Waals surface area (Å²) in [7, 11) is 0. The lowest BCUT2D eigenvalue weighted by molar-refractivity contribution is -0.120. The van der Waals surface area contributed by atoms with Gasteiger partial charge in [0.25, 0.3) is 0 Å². The lowest BCUT2D eigenvalue weighted by Crippen LogP contribution is -2.29. The van der Waals surface area contributed by atoms with Crippen LogP contribution in [0.5, 0.6) is 5.75 Å². The van der Waals surface area contributed by atoms with Crippen LogP contribution in [-0.2, 0) is 11.2 Å². The van der Waals surface area contributed by atoms with Crippen molar-refractivity contribution in [3.63, 3.8) is 0 Å². The van der Waals surface area contributed by atoms with Gasteiger partial charge in [0, 0.05) is 6.42 Å². The van der Waals surface area contributed by atoms with E-state index >= 15 is 0 Å². The van der Waals surface area contributed by atoms with Crippen molar-refractivity contribution < 1.29 is 9.90 Å². The molecule has 0 saturated heterocycles. The Balaban J connectivity index is 2.06. The van der Waals surface area contributed by atoms with Crippen molar-refractivity contribution in [2.75, 3.05) is 0 Å². The van der Waals surface area contributed by atoms with Gasteiger partial charge in [0.05, 0.1) is 0 Å². The smallest absolute Gasteiger partial charge is 0.250 e. The zero-order valence-electron chi connectivity index (χ0n) is 9.10. The van der Waals surface area contributed by atoms with Gasteiger partial charge in [-0.15, -0.1) is 0 Å². The fourth-order valence-corrected chi connectivity index (χ4v) is 1.68. The molecular formula is C12H14N2O2. The maximum absolute atomic E-state index is 11.4. The Morgan fingerprint density at radius 2 is 2.06 bits per heavy atom. The highest BCUT2D eigenvalue weighted by molar-refractivity contribution is 6.06. The topological polar surface area (TPSA) is 61.7 Å². The summed E-state index contributed by atoms with van der Waals surface area (Å²) in [5, 5.41) is 11.9. The third-order valence-electron chi connectivity index (χ3n) is 2.58. The van der Waals surface area contributed by atoms with Crippen LogP contribution >= 0.6 is 0 Å². The molecule has 0 bridgehead atoms. The third kappa shape index (κ3) is 2.21. The molecule has 0 saturated carbocycles. The Morgan fingerprint density at radius 3 is 2.62 bits per heavy atom. The van der Waals surface area contributed by atoms with Crippen LogP contribution in [0, 0.1) is 0 Å². The van der Waals surface area contributed by atoms with Gasteiger partial charge in [0.15, 0.2) is 0 Å². The number of rotatable bonds is 3. The second-order valence-electron chi connectivity index (χ2n) is 3.83. The molecule has 4 heteroatoms. The summed E-state index contributed by atoms with van der Waals surface area (Å²) in [6.45, 7) is 1.94. The average molecular weight is 218 g/mol. The average Bonchev–Trinajstić information content (AvgIpc) is 2.62. The van der Waals surface area contributed by atoms with E-state index in [4.69, 9.17) is 5.11 Å². The second kappa shape index (κ2) is 4.35. The van der Waals surface area contributed by atoms with E-state index in [0.29, 0.717) is 12.3 Å². The number of nitrogens with one attached hydrogen (secondary N) is 1. The van der Waals surface area contributed by atoms with Crippen LogP contribution in [0.3, 0.4) is 0 Å². The molecule has 0 radical (unpaired) electrons. The number of benzene rings is 1. The number of carbonyl (C=O) groups excluding carboxylic acids is 1. The van der Waals surface area contributed by atoms with Gasteiger partial charge in [-0.1, -0.05) is 19.1 Å². The number of phenolic OH excluding ortho intramolecular Hbond substituents is 1. The first-order valence-corrected chi connectivity index (χ1v) is 5.34. The zero-order chi connectivity index (χ0) is 11.5. The number of amidine groups is 1. The standard InChI is InChI=1S/C12H14N2O2/c1-2-10-12(16)14-11(13-10)7-8-3-5-9(15)6-4-8/h3-6,10,15H,2,7H2,1H3,(H,13,14,16). The molecule has 0 fully saturated rings. The third-order valence-corrected chi connectivity index (χ3v) is 2.58. The molecule has 1 amide bonds. The quantitative estimate of drug-likeness (QED) is 0.801. The Kier molecular flexibility index (Phi) is 2.90. The van der Waals surface area contributed by atoms with Gasteiger partial charge in [0.1, 0.15) is 17.6 Å². The fraction of sp³-hybridized carbons (Fsp3) is 0.333. The molecule has 0 aromatic heterocycles. The normalized spacial score (nSPS) is 19.4. The number of phenols is 1. The van der Waals surface area contributed by atoms with Crippen molar-refractivity contribution in [3.8, 4) is 5.75 Å². The van der Waals surface area contributed by atoms with Crippen LogP contribution in [0.1, 0.15) is 18.9 Å². The maximum Gasteiger partial charge on any atom is 0.250 e. The van der Waals surface area contributed by atoms with E-state index in [0.717, 1.165) is 12.0 Å². The molecular weight excluding hydrogens is 204 g/mol. The van der Waals surface area contributed by atoms with Crippen molar-refractivity contribution in [2.45, 2.75) is 25.8 Å². The van der Waals surface area contributed by atoms with Crippen LogP contribution in [0.25, 0.3) is 0 Å². The second-order valence-corrected chi connectivity index (χ2v) is 3.83. The number of nitrogens with zero attached hydrogens (tertiary/aromatic N) is 1. The van der Waals surface area contributed by atoms with Crippen LogP contribution in [-0.4, -0.2) is 22.9 Å². The molecule has 1 aromatic rings. The summed E-state index contributed by atoms with van der Waals surface area (Å²) in [5.41, 5.74) is 1.02. The van der Waals surface area contributed by atoms with Crippen molar-refractivity contribution >= 4 is 11.7 Å². The highest BCUT2D eigenvalue weighted by Gasteiger charge is 2.23. The van der Waals surface area contributed by atoms with E-state index in [9.17, 15) is 4.79 Å². The number of amides is 1. The minimum absolute atomic E-state index is 0.0173. The Morgan fingerprint density at radius 1 is 1.38 bits per heavy atom. The molecule has 16 heavy (non-hydrogen) atoms. The molecule has 1 unspecified atom stereocenters. The number of aliphatic imine (C=N–C) groups is 1. The summed E-state index contributed by atoms with van der Waals surface area (Å²) in [6.07, 6.45) is 1.33. The van der Waals surface area contributed by atoms with E-state index in [1.165, 1.54) is 0 Å². The highest BCUT2D eigenvalue weighted by Crippen LogP contribution is 2.12.